The Morgan fingerprint density at radius 1 is 1.17 bits per heavy atom. The van der Waals surface area contributed by atoms with Crippen molar-refractivity contribution in [2.24, 2.45) is 0 Å². The molecule has 0 saturated heterocycles. The number of rotatable bonds is 9. The fourth-order valence-corrected chi connectivity index (χ4v) is 5.42. The molecule has 1 fully saturated rings. The van der Waals surface area contributed by atoms with Crippen molar-refractivity contribution in [1.82, 2.24) is 30.1 Å². The fraction of sp³-hybridized carbons (Fsp3) is 0.481. The molecule has 3 heterocycles. The SMILES string of the molecule is CCc1ccc2[nH]c(=O)c(CN(C3CCCCC3)C(CC)c3nnnn3Cc3ccco3)cc2c1. The smallest absolute Gasteiger partial charge is 0.252 e. The van der Waals surface area contributed by atoms with E-state index in [1.54, 1.807) is 6.26 Å². The van der Waals surface area contributed by atoms with E-state index in [0.29, 0.717) is 19.1 Å². The summed E-state index contributed by atoms with van der Waals surface area (Å²) in [6, 6.07) is 12.5. The second kappa shape index (κ2) is 10.6. The number of furan rings is 1. The minimum atomic E-state index is -0.0208. The highest BCUT2D eigenvalue weighted by Gasteiger charge is 2.32. The van der Waals surface area contributed by atoms with Gasteiger partial charge in [0.1, 0.15) is 12.3 Å². The highest BCUT2D eigenvalue weighted by Crippen LogP contribution is 2.33. The van der Waals surface area contributed by atoms with Gasteiger partial charge < -0.3 is 9.40 Å². The van der Waals surface area contributed by atoms with E-state index in [1.165, 1.54) is 24.8 Å². The van der Waals surface area contributed by atoms with Crippen molar-refractivity contribution in [1.29, 1.82) is 0 Å². The fourth-order valence-electron chi connectivity index (χ4n) is 5.42. The molecule has 5 rings (SSSR count). The van der Waals surface area contributed by atoms with Crippen molar-refractivity contribution < 1.29 is 4.42 Å². The number of benzene rings is 1. The summed E-state index contributed by atoms with van der Waals surface area (Å²) in [5, 5.41) is 13.8. The van der Waals surface area contributed by atoms with Crippen LogP contribution in [0.3, 0.4) is 0 Å². The summed E-state index contributed by atoms with van der Waals surface area (Å²) in [5.41, 5.74) is 2.92. The first-order valence-electron chi connectivity index (χ1n) is 12.8. The van der Waals surface area contributed by atoms with Crippen LogP contribution in [0, 0.1) is 0 Å². The molecule has 0 spiro atoms. The number of aryl methyl sites for hydroxylation is 1. The summed E-state index contributed by atoms with van der Waals surface area (Å²) in [6.07, 6.45) is 9.43. The number of aromatic nitrogens is 5. The quantitative estimate of drug-likeness (QED) is 0.367. The van der Waals surface area contributed by atoms with Crippen LogP contribution in [0.5, 0.6) is 0 Å². The van der Waals surface area contributed by atoms with Crippen molar-refractivity contribution in [2.75, 3.05) is 0 Å². The molecule has 1 aliphatic carbocycles. The lowest BCUT2D eigenvalue weighted by Crippen LogP contribution is -2.41. The Balaban J connectivity index is 1.51. The van der Waals surface area contributed by atoms with E-state index in [2.05, 4.69) is 57.5 Å². The number of H-pyrrole nitrogens is 1. The van der Waals surface area contributed by atoms with E-state index in [4.69, 9.17) is 4.42 Å². The van der Waals surface area contributed by atoms with Crippen LogP contribution in [-0.4, -0.2) is 36.1 Å². The third-order valence-electron chi connectivity index (χ3n) is 7.32. The molecular weight excluding hydrogens is 440 g/mol. The number of hydrogen-bond donors (Lipinski definition) is 1. The van der Waals surface area contributed by atoms with Crippen LogP contribution in [0.25, 0.3) is 10.9 Å². The molecule has 0 aliphatic heterocycles. The number of hydrogen-bond acceptors (Lipinski definition) is 6. The lowest BCUT2D eigenvalue weighted by Gasteiger charge is -2.39. The summed E-state index contributed by atoms with van der Waals surface area (Å²) < 4.78 is 7.38. The minimum Gasteiger partial charge on any atom is -0.467 e. The number of pyridine rings is 1. The van der Waals surface area contributed by atoms with E-state index in [-0.39, 0.29) is 11.6 Å². The molecule has 0 bridgehead atoms. The molecule has 0 amide bonds. The van der Waals surface area contributed by atoms with Gasteiger partial charge in [-0.2, -0.15) is 0 Å². The Hall–Kier alpha value is -3.26. The van der Waals surface area contributed by atoms with Gasteiger partial charge in [-0.25, -0.2) is 4.68 Å². The third kappa shape index (κ3) is 5.07. The van der Waals surface area contributed by atoms with Crippen molar-refractivity contribution >= 4 is 10.9 Å². The maximum absolute atomic E-state index is 13.1. The van der Waals surface area contributed by atoms with Gasteiger partial charge in [0.25, 0.3) is 5.56 Å². The summed E-state index contributed by atoms with van der Waals surface area (Å²) in [5.74, 6) is 1.63. The molecule has 1 atom stereocenters. The lowest BCUT2D eigenvalue weighted by atomic mass is 9.92. The maximum Gasteiger partial charge on any atom is 0.252 e. The first-order chi connectivity index (χ1) is 17.2. The zero-order valence-electron chi connectivity index (χ0n) is 20.6. The third-order valence-corrected chi connectivity index (χ3v) is 7.32. The summed E-state index contributed by atoms with van der Waals surface area (Å²) in [7, 11) is 0. The van der Waals surface area contributed by atoms with Crippen LogP contribution in [0.4, 0.5) is 0 Å². The van der Waals surface area contributed by atoms with Gasteiger partial charge in [0.15, 0.2) is 5.82 Å². The van der Waals surface area contributed by atoms with Crippen molar-refractivity contribution in [3.05, 3.63) is 75.7 Å². The number of nitrogens with one attached hydrogen (secondary N) is 1. The van der Waals surface area contributed by atoms with Gasteiger partial charge in [0.2, 0.25) is 0 Å². The molecule has 1 aliphatic rings. The normalized spacial score (nSPS) is 15.7. The van der Waals surface area contributed by atoms with Crippen LogP contribution >= 0.6 is 0 Å². The van der Waals surface area contributed by atoms with Gasteiger partial charge in [0, 0.05) is 23.7 Å². The van der Waals surface area contributed by atoms with Crippen molar-refractivity contribution in [3.63, 3.8) is 0 Å². The molecule has 1 aromatic carbocycles. The zero-order chi connectivity index (χ0) is 24.2. The summed E-state index contributed by atoms with van der Waals surface area (Å²) in [4.78, 5) is 18.7. The van der Waals surface area contributed by atoms with Gasteiger partial charge >= 0.3 is 0 Å². The maximum atomic E-state index is 13.1. The number of tetrazole rings is 1. The number of aromatic amines is 1. The first-order valence-corrected chi connectivity index (χ1v) is 12.8. The van der Waals surface area contributed by atoms with Gasteiger partial charge in [-0.15, -0.1) is 5.10 Å². The topological polar surface area (TPSA) is 92.8 Å². The highest BCUT2D eigenvalue weighted by atomic mass is 16.3. The Bertz CT molecular complexity index is 1300. The molecule has 0 radical (unpaired) electrons. The van der Waals surface area contributed by atoms with Gasteiger partial charge in [-0.1, -0.05) is 39.2 Å². The van der Waals surface area contributed by atoms with Crippen LogP contribution in [0.1, 0.15) is 81.1 Å². The average molecular weight is 475 g/mol. The zero-order valence-corrected chi connectivity index (χ0v) is 20.6. The van der Waals surface area contributed by atoms with Gasteiger partial charge in [-0.3, -0.25) is 9.69 Å². The molecule has 184 valence electrons. The number of fused-ring (bicyclic) bond motifs is 1. The molecule has 35 heavy (non-hydrogen) atoms. The van der Waals surface area contributed by atoms with E-state index < -0.39 is 0 Å². The molecule has 1 unspecified atom stereocenters. The molecule has 8 heteroatoms. The molecule has 3 aromatic heterocycles. The predicted molar refractivity (Wildman–Crippen MR) is 135 cm³/mol. The van der Waals surface area contributed by atoms with Gasteiger partial charge in [0.05, 0.1) is 12.3 Å². The second-order valence-corrected chi connectivity index (χ2v) is 9.56. The van der Waals surface area contributed by atoms with Crippen molar-refractivity contribution in [2.45, 2.75) is 84.0 Å². The Morgan fingerprint density at radius 3 is 2.77 bits per heavy atom. The van der Waals surface area contributed by atoms with E-state index in [0.717, 1.165) is 53.7 Å². The van der Waals surface area contributed by atoms with E-state index in [1.807, 2.05) is 22.9 Å². The molecular formula is C27H34N6O2. The van der Waals surface area contributed by atoms with Crippen LogP contribution in [0.2, 0.25) is 0 Å². The Morgan fingerprint density at radius 2 is 2.03 bits per heavy atom. The predicted octanol–water partition coefficient (Wildman–Crippen LogP) is 5.00. The monoisotopic (exact) mass is 474 g/mol. The van der Waals surface area contributed by atoms with Crippen LogP contribution < -0.4 is 5.56 Å². The molecule has 8 nitrogen and oxygen atoms in total. The van der Waals surface area contributed by atoms with Crippen molar-refractivity contribution in [3.8, 4) is 0 Å². The second-order valence-electron chi connectivity index (χ2n) is 9.56. The number of nitrogens with zero attached hydrogens (tertiary/aromatic N) is 5. The van der Waals surface area contributed by atoms with E-state index in [9.17, 15) is 4.79 Å². The van der Waals surface area contributed by atoms with E-state index >= 15 is 0 Å². The average Bonchev–Trinajstić information content (AvgIpc) is 3.57. The minimum absolute atomic E-state index is 0.000125. The molecule has 4 aromatic rings. The summed E-state index contributed by atoms with van der Waals surface area (Å²) >= 11 is 0. The van der Waals surface area contributed by atoms with Crippen LogP contribution in [-0.2, 0) is 19.5 Å². The molecule has 1 saturated carbocycles. The standard InChI is InChI=1S/C27H34N6O2/c1-3-19-12-13-24-20(15-19)16-21(27(34)28-24)17-32(22-9-6-5-7-10-22)25(4-2)26-29-30-31-33(26)18-23-11-8-14-35-23/h8,11-16,22,25H,3-7,9-10,17-18H2,1-2H3,(H,28,34). The Kier molecular flexibility index (Phi) is 7.08. The largest absolute Gasteiger partial charge is 0.467 e. The summed E-state index contributed by atoms with van der Waals surface area (Å²) in [6.45, 7) is 5.38. The highest BCUT2D eigenvalue weighted by molar-refractivity contribution is 5.79. The Labute approximate surface area is 205 Å². The van der Waals surface area contributed by atoms with Gasteiger partial charge in [-0.05, 0) is 77.4 Å². The lowest BCUT2D eigenvalue weighted by molar-refractivity contribution is 0.0842. The van der Waals surface area contributed by atoms with Crippen LogP contribution in [0.15, 0.2) is 51.9 Å². The first kappa shape index (κ1) is 23.5. The molecule has 1 N–H and O–H groups in total.